The van der Waals surface area contributed by atoms with E-state index in [0.29, 0.717) is 56.0 Å². The van der Waals surface area contributed by atoms with Crippen LogP contribution in [0, 0.1) is 28.9 Å². The Balaban J connectivity index is 1.36. The molecule has 9 nitrogen and oxygen atoms in total. The molecular weight excluding hydrogens is 658 g/mol. The molecule has 0 radical (unpaired) electrons. The number of aromatic nitrogens is 2. The normalized spacial score (nSPS) is 27.2. The van der Waals surface area contributed by atoms with Crippen molar-refractivity contribution in [2.75, 3.05) is 43.5 Å². The second-order valence-corrected chi connectivity index (χ2v) is 15.7. The van der Waals surface area contributed by atoms with Crippen molar-refractivity contribution in [3.8, 4) is 29.0 Å². The molecule has 4 aromatic rings. The molecule has 252 valence electrons. The Hall–Kier alpha value is -3.50. The van der Waals surface area contributed by atoms with Crippen LogP contribution in [0.1, 0.15) is 64.4 Å². The van der Waals surface area contributed by atoms with Crippen LogP contribution in [0.4, 0.5) is 19.6 Å². The van der Waals surface area contributed by atoms with Crippen LogP contribution in [-0.2, 0) is 0 Å². The van der Waals surface area contributed by atoms with Gasteiger partial charge < -0.3 is 25.2 Å². The molecule has 0 spiro atoms. The first-order valence-electron chi connectivity index (χ1n) is 16.6. The smallest absolute Gasteiger partial charge is 0.319 e. The number of thiophene rings is 1. The number of benzene rings is 2. The van der Waals surface area contributed by atoms with Gasteiger partial charge in [0.05, 0.1) is 38.4 Å². The zero-order valence-electron chi connectivity index (χ0n) is 26.9. The van der Waals surface area contributed by atoms with Gasteiger partial charge in [-0.3, -0.25) is 4.90 Å². The Bertz CT molecular complexity index is 2020. The SMILES string of the molecule is C[C@H]1CN2CCC[C@@]2(COc2nc3c4c(c(Cl)c(-c5ccc(F)c6sc(N)c(C#N)c56)c(F)c4n2)OCCC2CC(C)(O)CCCN32)C1. The average Bonchev–Trinajstić information content (AvgIpc) is 3.65. The number of hydrogen-bond acceptors (Lipinski definition) is 10. The maximum atomic E-state index is 17.3. The minimum Gasteiger partial charge on any atom is -0.491 e. The van der Waals surface area contributed by atoms with E-state index in [4.69, 9.17) is 36.8 Å². The summed E-state index contributed by atoms with van der Waals surface area (Å²) in [6.07, 6.45) is 5.49. The number of rotatable bonds is 4. The van der Waals surface area contributed by atoms with E-state index in [9.17, 15) is 10.4 Å². The van der Waals surface area contributed by atoms with Gasteiger partial charge in [0, 0.05) is 36.5 Å². The summed E-state index contributed by atoms with van der Waals surface area (Å²) in [6, 6.07) is 4.62. The van der Waals surface area contributed by atoms with Gasteiger partial charge in [-0.15, -0.1) is 11.3 Å². The summed E-state index contributed by atoms with van der Waals surface area (Å²) >= 11 is 8.03. The van der Waals surface area contributed by atoms with Gasteiger partial charge in [0.2, 0.25) is 0 Å². The molecule has 0 amide bonds. The van der Waals surface area contributed by atoms with E-state index in [0.717, 1.165) is 43.7 Å². The van der Waals surface area contributed by atoms with Crippen LogP contribution in [0.5, 0.6) is 11.8 Å². The van der Waals surface area contributed by atoms with E-state index in [1.165, 1.54) is 12.1 Å². The lowest BCUT2D eigenvalue weighted by atomic mass is 9.91. The lowest BCUT2D eigenvalue weighted by Crippen LogP contribution is -2.43. The van der Waals surface area contributed by atoms with Crippen LogP contribution < -0.4 is 20.1 Å². The number of nitriles is 1. The third-order valence-corrected chi connectivity index (χ3v) is 12.2. The van der Waals surface area contributed by atoms with E-state index in [-0.39, 0.29) is 72.3 Å². The Morgan fingerprint density at radius 1 is 1.21 bits per heavy atom. The average molecular weight is 695 g/mol. The fourth-order valence-corrected chi connectivity index (χ4v) is 10.1. The standard InChI is InChI=1S/C35H37ClF2N6O3S/c1-18-13-35(9-4-10-43(35)16-18)17-47-33-41-28-25-29(46-12-7-19-14-34(2,45)8-3-11-44(19)32(25)42-33)26(36)24(27(28)38)20-5-6-22(37)30-23(20)21(15-39)31(40)48-30/h5-6,18-19,45H,3-4,7-14,16-17,40H2,1-2H3/t18-,19?,34?,35+/m1/s1. The summed E-state index contributed by atoms with van der Waals surface area (Å²) in [5.41, 5.74) is 5.31. The summed E-state index contributed by atoms with van der Waals surface area (Å²) in [4.78, 5) is 14.3. The van der Waals surface area contributed by atoms with E-state index >= 15 is 8.78 Å². The number of aliphatic hydroxyl groups is 1. The van der Waals surface area contributed by atoms with Gasteiger partial charge >= 0.3 is 6.01 Å². The number of nitrogens with two attached hydrogens (primary N) is 1. The number of hydrogen-bond donors (Lipinski definition) is 2. The van der Waals surface area contributed by atoms with Crippen molar-refractivity contribution < 1.29 is 23.4 Å². The van der Waals surface area contributed by atoms with Gasteiger partial charge in [-0.05, 0) is 69.5 Å². The highest BCUT2D eigenvalue weighted by Gasteiger charge is 2.48. The lowest BCUT2D eigenvalue weighted by molar-refractivity contribution is 0.0384. The van der Waals surface area contributed by atoms with Crippen molar-refractivity contribution in [1.29, 1.82) is 5.26 Å². The molecule has 3 saturated heterocycles. The first-order valence-corrected chi connectivity index (χ1v) is 17.8. The fourth-order valence-electron chi connectivity index (χ4n) is 8.78. The van der Waals surface area contributed by atoms with Gasteiger partial charge in [0.25, 0.3) is 0 Å². The maximum Gasteiger partial charge on any atom is 0.319 e. The number of fused-ring (bicyclic) bond motifs is 4. The summed E-state index contributed by atoms with van der Waals surface area (Å²) in [5.74, 6) is -0.124. The maximum absolute atomic E-state index is 17.3. The molecule has 48 heavy (non-hydrogen) atoms. The predicted molar refractivity (Wildman–Crippen MR) is 183 cm³/mol. The zero-order valence-corrected chi connectivity index (χ0v) is 28.5. The Labute approximate surface area is 286 Å². The van der Waals surface area contributed by atoms with Crippen molar-refractivity contribution in [3.63, 3.8) is 0 Å². The molecule has 2 unspecified atom stereocenters. The van der Waals surface area contributed by atoms with Crippen molar-refractivity contribution in [1.82, 2.24) is 14.9 Å². The van der Waals surface area contributed by atoms with Gasteiger partial charge in [-0.25, -0.2) is 8.78 Å². The Kier molecular flexibility index (Phi) is 7.64. The molecule has 3 fully saturated rings. The van der Waals surface area contributed by atoms with E-state index in [1.807, 2.05) is 6.92 Å². The van der Waals surface area contributed by atoms with Crippen molar-refractivity contribution in [3.05, 3.63) is 34.4 Å². The van der Waals surface area contributed by atoms with Gasteiger partial charge in [0.1, 0.15) is 34.8 Å². The predicted octanol–water partition coefficient (Wildman–Crippen LogP) is 7.04. The first-order chi connectivity index (χ1) is 23.0. The molecule has 13 heteroatoms. The van der Waals surface area contributed by atoms with Crippen molar-refractivity contribution in [2.24, 2.45) is 5.92 Å². The van der Waals surface area contributed by atoms with Gasteiger partial charge in [-0.1, -0.05) is 24.6 Å². The highest BCUT2D eigenvalue weighted by molar-refractivity contribution is 7.23. The molecule has 4 aliphatic rings. The molecule has 0 bridgehead atoms. The summed E-state index contributed by atoms with van der Waals surface area (Å²) in [6.45, 7) is 7.36. The second-order valence-electron chi connectivity index (χ2n) is 14.3. The Morgan fingerprint density at radius 2 is 2.02 bits per heavy atom. The van der Waals surface area contributed by atoms with Gasteiger partial charge in [-0.2, -0.15) is 15.2 Å². The molecule has 2 aromatic carbocycles. The van der Waals surface area contributed by atoms with Crippen LogP contribution in [0.25, 0.3) is 32.1 Å². The third-order valence-electron chi connectivity index (χ3n) is 10.8. The summed E-state index contributed by atoms with van der Waals surface area (Å²) in [7, 11) is 0. The largest absolute Gasteiger partial charge is 0.491 e. The number of nitrogens with zero attached hydrogens (tertiary/aromatic N) is 5. The van der Waals surface area contributed by atoms with Gasteiger partial charge in [0.15, 0.2) is 11.6 Å². The molecule has 4 atom stereocenters. The van der Waals surface area contributed by atoms with E-state index in [2.05, 4.69) is 22.8 Å². The van der Waals surface area contributed by atoms with Crippen LogP contribution in [0.3, 0.4) is 0 Å². The zero-order chi connectivity index (χ0) is 33.5. The van der Waals surface area contributed by atoms with Crippen LogP contribution in [-0.4, -0.2) is 70.0 Å². The number of nitrogen functional groups attached to an aromatic ring is 1. The molecule has 6 heterocycles. The quantitative estimate of drug-likeness (QED) is 0.232. The van der Waals surface area contributed by atoms with Crippen LogP contribution in [0.2, 0.25) is 5.02 Å². The molecule has 4 aliphatic heterocycles. The highest BCUT2D eigenvalue weighted by Crippen LogP contribution is 2.51. The summed E-state index contributed by atoms with van der Waals surface area (Å²) < 4.78 is 45.3. The number of ether oxygens (including phenoxy) is 2. The molecule has 0 saturated carbocycles. The fraction of sp³-hybridized carbons (Fsp3) is 0.514. The molecule has 2 aromatic heterocycles. The first kappa shape index (κ1) is 31.7. The molecule has 8 rings (SSSR count). The lowest BCUT2D eigenvalue weighted by Gasteiger charge is -2.36. The molecule has 3 N–H and O–H groups in total. The second kappa shape index (κ2) is 11.5. The topological polar surface area (TPSA) is 121 Å². The minimum atomic E-state index is -0.876. The summed E-state index contributed by atoms with van der Waals surface area (Å²) in [5, 5.41) is 21.7. The molecule has 0 aliphatic carbocycles. The minimum absolute atomic E-state index is 0.0271. The monoisotopic (exact) mass is 694 g/mol. The Morgan fingerprint density at radius 3 is 2.83 bits per heavy atom. The van der Waals surface area contributed by atoms with Crippen LogP contribution >= 0.6 is 22.9 Å². The van der Waals surface area contributed by atoms with Crippen molar-refractivity contribution in [2.45, 2.75) is 76.0 Å². The number of halogens is 3. The third kappa shape index (κ3) is 4.96. The highest BCUT2D eigenvalue weighted by atomic mass is 35.5. The van der Waals surface area contributed by atoms with E-state index < -0.39 is 17.2 Å². The van der Waals surface area contributed by atoms with Crippen molar-refractivity contribution >= 4 is 54.7 Å². The molecular formula is C35H37ClF2N6O3S. The van der Waals surface area contributed by atoms with Crippen LogP contribution in [0.15, 0.2) is 12.1 Å². The number of anilines is 2. The van der Waals surface area contributed by atoms with E-state index in [1.54, 1.807) is 0 Å².